The molecule has 0 aliphatic carbocycles. The molecule has 5 nitrogen and oxygen atoms in total. The predicted molar refractivity (Wildman–Crippen MR) is 112 cm³/mol. The van der Waals surface area contributed by atoms with Crippen molar-refractivity contribution in [2.24, 2.45) is 0 Å². The number of rotatable bonds is 6. The zero-order chi connectivity index (χ0) is 19.3. The first-order chi connectivity index (χ1) is 13.7. The van der Waals surface area contributed by atoms with Crippen LogP contribution in [0.1, 0.15) is 12.0 Å². The Morgan fingerprint density at radius 2 is 1.71 bits per heavy atom. The summed E-state index contributed by atoms with van der Waals surface area (Å²) in [6.07, 6.45) is 0.974. The number of hydrogen-bond donors (Lipinski definition) is 0. The third-order valence-corrected chi connectivity index (χ3v) is 5.25. The van der Waals surface area contributed by atoms with E-state index in [1.54, 1.807) is 12.1 Å². The van der Waals surface area contributed by atoms with E-state index in [1.807, 2.05) is 12.1 Å². The monoisotopic (exact) mass is 378 g/mol. The molecule has 4 rings (SSSR count). The zero-order valence-electron chi connectivity index (χ0n) is 16.3. The standard InChI is InChI=1S/C23H26N2O3/c1-18-3-7-20(8-4-18)25-14-12-24(13-15-25)11-2-16-27-21-9-5-19-6-10-23(26)28-22(19)17-21/h3-10,17H,2,11-16H2,1H3. The van der Waals surface area contributed by atoms with Gasteiger partial charge in [0.25, 0.3) is 0 Å². The minimum absolute atomic E-state index is 0.338. The molecule has 1 fully saturated rings. The molecular weight excluding hydrogens is 352 g/mol. The van der Waals surface area contributed by atoms with Gasteiger partial charge in [0.1, 0.15) is 11.3 Å². The lowest BCUT2D eigenvalue weighted by Crippen LogP contribution is -2.46. The minimum atomic E-state index is -0.338. The zero-order valence-corrected chi connectivity index (χ0v) is 16.3. The van der Waals surface area contributed by atoms with Crippen LogP contribution >= 0.6 is 0 Å². The summed E-state index contributed by atoms with van der Waals surface area (Å²) in [6, 6.07) is 17.6. The molecule has 1 aliphatic heterocycles. The highest BCUT2D eigenvalue weighted by atomic mass is 16.5. The molecule has 1 aliphatic rings. The average Bonchev–Trinajstić information content (AvgIpc) is 2.72. The molecule has 2 aromatic carbocycles. The normalized spacial score (nSPS) is 15.1. The van der Waals surface area contributed by atoms with Gasteiger partial charge < -0.3 is 14.1 Å². The molecule has 2 heterocycles. The number of ether oxygens (including phenoxy) is 1. The van der Waals surface area contributed by atoms with Crippen molar-refractivity contribution in [3.8, 4) is 5.75 Å². The van der Waals surface area contributed by atoms with Crippen LogP contribution in [0.4, 0.5) is 5.69 Å². The van der Waals surface area contributed by atoms with Crippen molar-refractivity contribution in [1.29, 1.82) is 0 Å². The Kier molecular flexibility index (Phi) is 5.63. The summed E-state index contributed by atoms with van der Waals surface area (Å²) in [6.45, 7) is 8.09. The van der Waals surface area contributed by atoms with Crippen molar-refractivity contribution in [3.63, 3.8) is 0 Å². The fourth-order valence-corrected chi connectivity index (χ4v) is 3.59. The molecule has 0 radical (unpaired) electrons. The van der Waals surface area contributed by atoms with E-state index in [2.05, 4.69) is 41.0 Å². The topological polar surface area (TPSA) is 45.9 Å². The summed E-state index contributed by atoms with van der Waals surface area (Å²) in [5.74, 6) is 0.742. The first-order valence-electron chi connectivity index (χ1n) is 9.88. The summed E-state index contributed by atoms with van der Waals surface area (Å²) in [7, 11) is 0. The fourth-order valence-electron chi connectivity index (χ4n) is 3.59. The van der Waals surface area contributed by atoms with Gasteiger partial charge in [0.2, 0.25) is 0 Å². The maximum absolute atomic E-state index is 11.3. The Morgan fingerprint density at radius 3 is 2.50 bits per heavy atom. The van der Waals surface area contributed by atoms with Gasteiger partial charge in [-0.2, -0.15) is 0 Å². The third-order valence-electron chi connectivity index (χ3n) is 5.25. The average molecular weight is 378 g/mol. The van der Waals surface area contributed by atoms with E-state index >= 15 is 0 Å². The highest BCUT2D eigenvalue weighted by Gasteiger charge is 2.16. The Balaban J connectivity index is 1.21. The molecule has 146 valence electrons. The van der Waals surface area contributed by atoms with Crippen molar-refractivity contribution >= 4 is 16.7 Å². The molecule has 3 aromatic rings. The van der Waals surface area contributed by atoms with Crippen LogP contribution in [-0.4, -0.2) is 44.2 Å². The number of hydrogen-bond acceptors (Lipinski definition) is 5. The summed E-state index contributed by atoms with van der Waals surface area (Å²) in [5, 5.41) is 0.901. The van der Waals surface area contributed by atoms with Crippen LogP contribution in [0.2, 0.25) is 0 Å². The number of anilines is 1. The lowest BCUT2D eigenvalue weighted by atomic mass is 10.2. The summed E-state index contributed by atoms with van der Waals surface area (Å²) in [5.41, 5.74) is 2.85. The van der Waals surface area contributed by atoms with Gasteiger partial charge in [-0.1, -0.05) is 17.7 Å². The molecule has 0 atom stereocenters. The van der Waals surface area contributed by atoms with E-state index in [4.69, 9.17) is 9.15 Å². The van der Waals surface area contributed by atoms with Crippen LogP contribution in [-0.2, 0) is 0 Å². The summed E-state index contributed by atoms with van der Waals surface area (Å²) >= 11 is 0. The third kappa shape index (κ3) is 4.54. The molecule has 0 spiro atoms. The molecule has 28 heavy (non-hydrogen) atoms. The van der Waals surface area contributed by atoms with E-state index in [0.29, 0.717) is 12.2 Å². The molecule has 0 N–H and O–H groups in total. The van der Waals surface area contributed by atoms with Gasteiger partial charge in [-0.3, -0.25) is 4.90 Å². The van der Waals surface area contributed by atoms with Crippen molar-refractivity contribution in [3.05, 3.63) is 70.6 Å². The molecule has 0 bridgehead atoms. The molecule has 0 amide bonds. The van der Waals surface area contributed by atoms with Crippen molar-refractivity contribution in [1.82, 2.24) is 4.90 Å². The fraction of sp³-hybridized carbons (Fsp3) is 0.348. The minimum Gasteiger partial charge on any atom is -0.493 e. The molecular formula is C23H26N2O3. The Bertz CT molecular complexity index is 973. The summed E-state index contributed by atoms with van der Waals surface area (Å²) < 4.78 is 11.1. The van der Waals surface area contributed by atoms with Gasteiger partial charge in [0.05, 0.1) is 6.61 Å². The van der Waals surface area contributed by atoms with E-state index in [9.17, 15) is 4.79 Å². The lowest BCUT2D eigenvalue weighted by molar-refractivity contribution is 0.225. The van der Waals surface area contributed by atoms with Crippen molar-refractivity contribution < 1.29 is 9.15 Å². The first kappa shape index (κ1) is 18.6. The van der Waals surface area contributed by atoms with Gasteiger partial charge in [-0.05, 0) is 43.7 Å². The van der Waals surface area contributed by atoms with Crippen LogP contribution in [0.5, 0.6) is 5.75 Å². The first-order valence-corrected chi connectivity index (χ1v) is 9.88. The molecule has 1 saturated heterocycles. The van der Waals surface area contributed by atoms with Crippen molar-refractivity contribution in [2.45, 2.75) is 13.3 Å². The van der Waals surface area contributed by atoms with Crippen molar-refractivity contribution in [2.75, 3.05) is 44.2 Å². The van der Waals surface area contributed by atoms with E-state index < -0.39 is 0 Å². The lowest BCUT2D eigenvalue weighted by Gasteiger charge is -2.36. The second kappa shape index (κ2) is 8.48. The highest BCUT2D eigenvalue weighted by molar-refractivity contribution is 5.77. The summed E-state index contributed by atoms with van der Waals surface area (Å²) in [4.78, 5) is 16.3. The van der Waals surface area contributed by atoms with Gasteiger partial charge >= 0.3 is 5.63 Å². The van der Waals surface area contributed by atoms with Gasteiger partial charge in [-0.15, -0.1) is 0 Å². The highest BCUT2D eigenvalue weighted by Crippen LogP contribution is 2.20. The van der Waals surface area contributed by atoms with Gasteiger partial charge in [-0.25, -0.2) is 4.79 Å². The quantitative estimate of drug-likeness (QED) is 0.484. The van der Waals surface area contributed by atoms with Gasteiger partial charge in [0, 0.05) is 55.9 Å². The Morgan fingerprint density at radius 1 is 0.964 bits per heavy atom. The number of piperazine rings is 1. The van der Waals surface area contributed by atoms with Crippen LogP contribution in [0.15, 0.2) is 63.8 Å². The number of fused-ring (bicyclic) bond motifs is 1. The number of benzene rings is 2. The Labute approximate surface area is 165 Å². The predicted octanol–water partition coefficient (Wildman–Crippen LogP) is 3.69. The number of aryl methyl sites for hydroxylation is 1. The maximum Gasteiger partial charge on any atom is 0.336 e. The van der Waals surface area contributed by atoms with E-state index in [-0.39, 0.29) is 5.63 Å². The largest absolute Gasteiger partial charge is 0.493 e. The molecule has 5 heteroatoms. The number of nitrogens with zero attached hydrogens (tertiary/aromatic N) is 2. The van der Waals surface area contributed by atoms with E-state index in [1.165, 1.54) is 17.3 Å². The van der Waals surface area contributed by atoms with Gasteiger partial charge in [0.15, 0.2) is 0 Å². The van der Waals surface area contributed by atoms with E-state index in [0.717, 1.165) is 50.3 Å². The molecule has 0 unspecified atom stereocenters. The van der Waals surface area contributed by atoms with Crippen LogP contribution in [0.3, 0.4) is 0 Å². The van der Waals surface area contributed by atoms with Crippen LogP contribution in [0, 0.1) is 6.92 Å². The molecule has 0 saturated carbocycles. The maximum atomic E-state index is 11.3. The van der Waals surface area contributed by atoms with Crippen LogP contribution in [0.25, 0.3) is 11.0 Å². The SMILES string of the molecule is Cc1ccc(N2CCN(CCCOc3ccc4ccc(=O)oc4c3)CC2)cc1. The smallest absolute Gasteiger partial charge is 0.336 e. The second-order valence-corrected chi connectivity index (χ2v) is 7.32. The molecule has 1 aromatic heterocycles. The Hall–Kier alpha value is -2.79. The van der Waals surface area contributed by atoms with Crippen LogP contribution < -0.4 is 15.3 Å². The second-order valence-electron chi connectivity index (χ2n) is 7.32.